The maximum absolute atomic E-state index is 9.26. The molecule has 2 rings (SSSR count). The highest BCUT2D eigenvalue weighted by Crippen LogP contribution is 2.32. The summed E-state index contributed by atoms with van der Waals surface area (Å²) in [4.78, 5) is 4.12. The van der Waals surface area contributed by atoms with E-state index in [2.05, 4.69) is 10.3 Å². The quantitative estimate of drug-likeness (QED) is 0.797. The van der Waals surface area contributed by atoms with Gasteiger partial charge in [0.05, 0.1) is 10.0 Å². The van der Waals surface area contributed by atoms with Crippen LogP contribution in [0.2, 0.25) is 10.0 Å². The van der Waals surface area contributed by atoms with E-state index in [1.54, 1.807) is 6.07 Å². The summed E-state index contributed by atoms with van der Waals surface area (Å²) in [5.41, 5.74) is 5.65. The minimum absolute atomic E-state index is 0.246. The lowest BCUT2D eigenvalue weighted by molar-refractivity contribution is 0.199. The van der Waals surface area contributed by atoms with Gasteiger partial charge in [0.2, 0.25) is 0 Å². The SMILES string of the molecule is Nc1nc(NCC2CCCC2CO)c(Cl)cc1Cl. The predicted octanol–water partition coefficient (Wildman–Crippen LogP) is 2.79. The molecule has 18 heavy (non-hydrogen) atoms. The zero-order valence-corrected chi connectivity index (χ0v) is 11.5. The molecule has 0 aromatic carbocycles. The molecule has 2 unspecified atom stereocenters. The number of rotatable bonds is 4. The van der Waals surface area contributed by atoms with Crippen molar-refractivity contribution in [2.75, 3.05) is 24.2 Å². The van der Waals surface area contributed by atoms with E-state index in [0.717, 1.165) is 19.4 Å². The van der Waals surface area contributed by atoms with Gasteiger partial charge in [-0.05, 0) is 30.7 Å². The van der Waals surface area contributed by atoms with Crippen LogP contribution in [0, 0.1) is 11.8 Å². The van der Waals surface area contributed by atoms with E-state index < -0.39 is 0 Å². The molecule has 2 atom stereocenters. The number of anilines is 2. The van der Waals surface area contributed by atoms with Gasteiger partial charge in [0, 0.05) is 13.2 Å². The number of hydrogen-bond donors (Lipinski definition) is 3. The second-order valence-corrected chi connectivity index (χ2v) is 5.51. The molecule has 0 spiro atoms. The molecule has 0 aliphatic heterocycles. The van der Waals surface area contributed by atoms with E-state index >= 15 is 0 Å². The number of nitrogens with two attached hydrogens (primary N) is 1. The molecular formula is C12H17Cl2N3O. The van der Waals surface area contributed by atoms with E-state index in [1.807, 2.05) is 0 Å². The highest BCUT2D eigenvalue weighted by Gasteiger charge is 2.26. The van der Waals surface area contributed by atoms with Crippen LogP contribution in [0.3, 0.4) is 0 Å². The number of aliphatic hydroxyl groups excluding tert-OH is 1. The lowest BCUT2D eigenvalue weighted by Crippen LogP contribution is -2.21. The summed E-state index contributed by atoms with van der Waals surface area (Å²) in [6, 6.07) is 1.59. The van der Waals surface area contributed by atoms with Gasteiger partial charge < -0.3 is 16.2 Å². The molecule has 0 saturated heterocycles. The Morgan fingerprint density at radius 2 is 2.06 bits per heavy atom. The third kappa shape index (κ3) is 2.99. The van der Waals surface area contributed by atoms with Crippen LogP contribution in [-0.2, 0) is 0 Å². The first-order valence-electron chi connectivity index (χ1n) is 6.08. The number of hydrogen-bond acceptors (Lipinski definition) is 4. The van der Waals surface area contributed by atoms with Crippen LogP contribution in [0.4, 0.5) is 11.6 Å². The number of aromatic nitrogens is 1. The first-order valence-corrected chi connectivity index (χ1v) is 6.83. The molecule has 1 aliphatic carbocycles. The Labute approximate surface area is 116 Å². The van der Waals surface area contributed by atoms with Crippen molar-refractivity contribution in [1.82, 2.24) is 4.98 Å². The third-order valence-electron chi connectivity index (χ3n) is 3.54. The molecule has 1 aromatic rings. The molecule has 1 aliphatic rings. The summed E-state index contributed by atoms with van der Waals surface area (Å²) in [5, 5.41) is 13.3. The smallest absolute Gasteiger partial charge is 0.147 e. The summed E-state index contributed by atoms with van der Waals surface area (Å²) in [6.45, 7) is 0.995. The van der Waals surface area contributed by atoms with Crippen LogP contribution in [0.1, 0.15) is 19.3 Å². The van der Waals surface area contributed by atoms with Crippen molar-refractivity contribution in [1.29, 1.82) is 0 Å². The summed E-state index contributed by atoms with van der Waals surface area (Å²) < 4.78 is 0. The molecule has 0 radical (unpaired) electrons. The van der Waals surface area contributed by atoms with Crippen molar-refractivity contribution >= 4 is 34.8 Å². The van der Waals surface area contributed by atoms with Crippen molar-refractivity contribution in [3.8, 4) is 0 Å². The Balaban J connectivity index is 2.00. The van der Waals surface area contributed by atoms with Crippen LogP contribution in [0.5, 0.6) is 0 Å². The van der Waals surface area contributed by atoms with Gasteiger partial charge in [-0.1, -0.05) is 29.6 Å². The lowest BCUT2D eigenvalue weighted by Gasteiger charge is -2.18. The third-order valence-corrected chi connectivity index (χ3v) is 4.13. The van der Waals surface area contributed by atoms with Gasteiger partial charge in [-0.2, -0.15) is 0 Å². The highest BCUT2D eigenvalue weighted by molar-refractivity contribution is 6.37. The van der Waals surface area contributed by atoms with E-state index in [4.69, 9.17) is 28.9 Å². The Morgan fingerprint density at radius 3 is 2.78 bits per heavy atom. The van der Waals surface area contributed by atoms with Crippen LogP contribution in [0.15, 0.2) is 6.07 Å². The lowest BCUT2D eigenvalue weighted by atomic mass is 9.97. The molecule has 4 N–H and O–H groups in total. The minimum Gasteiger partial charge on any atom is -0.396 e. The number of pyridine rings is 1. The number of aliphatic hydroxyl groups is 1. The highest BCUT2D eigenvalue weighted by atomic mass is 35.5. The van der Waals surface area contributed by atoms with Crippen LogP contribution in [0.25, 0.3) is 0 Å². The Bertz CT molecular complexity index is 428. The maximum Gasteiger partial charge on any atom is 0.147 e. The number of nitrogens with one attached hydrogen (secondary N) is 1. The van der Waals surface area contributed by atoms with Crippen molar-refractivity contribution < 1.29 is 5.11 Å². The van der Waals surface area contributed by atoms with Gasteiger partial charge in [0.15, 0.2) is 0 Å². The van der Waals surface area contributed by atoms with Crippen LogP contribution in [-0.4, -0.2) is 23.2 Å². The molecule has 1 aromatic heterocycles. The molecule has 6 heteroatoms. The molecule has 1 saturated carbocycles. The summed E-state index contributed by atoms with van der Waals surface area (Å²) in [5.74, 6) is 1.67. The Morgan fingerprint density at radius 1 is 1.33 bits per heavy atom. The summed E-state index contributed by atoms with van der Waals surface area (Å²) >= 11 is 11.9. The van der Waals surface area contributed by atoms with Gasteiger partial charge in [-0.15, -0.1) is 0 Å². The van der Waals surface area contributed by atoms with E-state index in [1.165, 1.54) is 6.42 Å². The van der Waals surface area contributed by atoms with Crippen molar-refractivity contribution in [3.63, 3.8) is 0 Å². The Kier molecular flexibility index (Phi) is 4.54. The van der Waals surface area contributed by atoms with Gasteiger partial charge in [0.1, 0.15) is 11.6 Å². The van der Waals surface area contributed by atoms with Crippen LogP contribution < -0.4 is 11.1 Å². The second-order valence-electron chi connectivity index (χ2n) is 4.70. The molecule has 100 valence electrons. The molecule has 1 fully saturated rings. The average molecular weight is 290 g/mol. The zero-order valence-electron chi connectivity index (χ0n) is 10.00. The fraction of sp³-hybridized carbons (Fsp3) is 0.583. The summed E-state index contributed by atoms with van der Waals surface area (Å²) in [7, 11) is 0. The number of halogens is 2. The van der Waals surface area contributed by atoms with Gasteiger partial charge in [-0.25, -0.2) is 4.98 Å². The van der Waals surface area contributed by atoms with Crippen molar-refractivity contribution in [2.45, 2.75) is 19.3 Å². The monoisotopic (exact) mass is 289 g/mol. The van der Waals surface area contributed by atoms with Gasteiger partial charge in [0.25, 0.3) is 0 Å². The van der Waals surface area contributed by atoms with E-state index in [9.17, 15) is 5.11 Å². The van der Waals surface area contributed by atoms with Gasteiger partial charge >= 0.3 is 0 Å². The maximum atomic E-state index is 9.26. The fourth-order valence-corrected chi connectivity index (χ4v) is 2.88. The van der Waals surface area contributed by atoms with Crippen molar-refractivity contribution in [2.24, 2.45) is 11.8 Å². The molecule has 0 amide bonds. The molecule has 4 nitrogen and oxygen atoms in total. The second kappa shape index (κ2) is 5.95. The van der Waals surface area contributed by atoms with Gasteiger partial charge in [-0.3, -0.25) is 0 Å². The molecular weight excluding hydrogens is 273 g/mol. The first-order chi connectivity index (χ1) is 8.61. The number of nitrogens with zero attached hydrogens (tertiary/aromatic N) is 1. The first kappa shape index (κ1) is 13.7. The average Bonchev–Trinajstić information content (AvgIpc) is 2.79. The fourth-order valence-electron chi connectivity index (χ4n) is 2.46. The largest absolute Gasteiger partial charge is 0.396 e. The number of nitrogen functional groups attached to an aromatic ring is 1. The topological polar surface area (TPSA) is 71.2 Å². The summed E-state index contributed by atoms with van der Waals surface area (Å²) in [6.07, 6.45) is 3.38. The predicted molar refractivity (Wildman–Crippen MR) is 75.1 cm³/mol. The van der Waals surface area contributed by atoms with E-state index in [-0.39, 0.29) is 12.4 Å². The van der Waals surface area contributed by atoms with Crippen LogP contribution >= 0.6 is 23.2 Å². The standard InChI is InChI=1S/C12H17Cl2N3O/c13-9-4-10(14)12(17-11(9)15)16-5-7-2-1-3-8(7)6-18/h4,7-8,18H,1-3,5-6H2,(H3,15,16,17). The zero-order chi connectivity index (χ0) is 13.1. The normalized spacial score (nSPS) is 23.3. The molecule has 1 heterocycles. The van der Waals surface area contributed by atoms with Crippen molar-refractivity contribution in [3.05, 3.63) is 16.1 Å². The van der Waals surface area contributed by atoms with E-state index in [0.29, 0.717) is 27.7 Å². The minimum atomic E-state index is 0.246. The Hall–Kier alpha value is -0.710. The molecule has 0 bridgehead atoms.